The molecule has 1 heterocycles. The Bertz CT molecular complexity index is 467. The number of halogens is 3. The topological polar surface area (TPSA) is 20.3 Å². The Morgan fingerprint density at radius 2 is 2.26 bits per heavy atom. The van der Waals surface area contributed by atoms with Crippen molar-refractivity contribution in [2.75, 3.05) is 26.3 Å². The van der Waals surface area contributed by atoms with Crippen LogP contribution in [0.5, 0.6) is 0 Å². The highest BCUT2D eigenvalue weighted by molar-refractivity contribution is 9.10. The van der Waals surface area contributed by atoms with Crippen molar-refractivity contribution in [3.63, 3.8) is 0 Å². The van der Waals surface area contributed by atoms with Crippen molar-refractivity contribution < 1.29 is 13.6 Å². The van der Waals surface area contributed by atoms with Crippen molar-refractivity contribution in [3.05, 3.63) is 34.1 Å². The lowest BCUT2D eigenvalue weighted by Gasteiger charge is -2.14. The molecule has 0 bridgehead atoms. The van der Waals surface area contributed by atoms with E-state index in [1.165, 1.54) is 12.1 Å². The van der Waals surface area contributed by atoms with Gasteiger partial charge in [-0.1, -0.05) is 15.9 Å². The van der Waals surface area contributed by atoms with Crippen molar-refractivity contribution in [1.82, 2.24) is 4.90 Å². The number of likely N-dealkylation sites (tertiary alicyclic amines) is 1. The second kappa shape index (κ2) is 6.57. The highest BCUT2D eigenvalue weighted by Crippen LogP contribution is 2.24. The first-order valence-electron chi connectivity index (χ1n) is 6.39. The maximum Gasteiger partial charge on any atom is 0.170 e. The molecule has 1 aromatic carbocycles. The largest absolute Gasteiger partial charge is 0.302 e. The number of hydrogen-bond acceptors (Lipinski definition) is 2. The summed E-state index contributed by atoms with van der Waals surface area (Å²) in [5, 5.41) is 0. The molecule has 0 saturated carbocycles. The first-order valence-corrected chi connectivity index (χ1v) is 7.18. The lowest BCUT2D eigenvalue weighted by molar-refractivity contribution is 0.0918. The minimum absolute atomic E-state index is 0.146. The Kier molecular flexibility index (Phi) is 5.05. The summed E-state index contributed by atoms with van der Waals surface area (Å²) >= 11 is 3.17. The molecule has 0 amide bonds. The zero-order chi connectivity index (χ0) is 13.8. The first-order chi connectivity index (χ1) is 9.11. The van der Waals surface area contributed by atoms with Crippen molar-refractivity contribution in [3.8, 4) is 0 Å². The smallest absolute Gasteiger partial charge is 0.170 e. The molecule has 1 unspecified atom stereocenters. The van der Waals surface area contributed by atoms with Crippen LogP contribution in [0.4, 0.5) is 8.78 Å². The summed E-state index contributed by atoms with van der Waals surface area (Å²) in [5.41, 5.74) is 0.153. The summed E-state index contributed by atoms with van der Waals surface area (Å²) in [6.45, 7) is 1.72. The van der Waals surface area contributed by atoms with Crippen molar-refractivity contribution >= 4 is 21.7 Å². The second-order valence-corrected chi connectivity index (χ2v) is 5.73. The predicted molar refractivity (Wildman–Crippen MR) is 73.6 cm³/mol. The normalized spacial score (nSPS) is 19.8. The summed E-state index contributed by atoms with van der Waals surface area (Å²) in [4.78, 5) is 14.3. The van der Waals surface area contributed by atoms with Crippen molar-refractivity contribution in [2.24, 2.45) is 5.92 Å². The van der Waals surface area contributed by atoms with Gasteiger partial charge in [-0.3, -0.25) is 9.18 Å². The van der Waals surface area contributed by atoms with Crippen LogP contribution in [0.25, 0.3) is 0 Å². The molecular weight excluding hydrogens is 316 g/mol. The number of nitrogens with zero attached hydrogens (tertiary/aromatic N) is 1. The van der Waals surface area contributed by atoms with Gasteiger partial charge in [-0.25, -0.2) is 4.39 Å². The molecule has 1 aliphatic rings. The van der Waals surface area contributed by atoms with Gasteiger partial charge < -0.3 is 4.90 Å². The molecule has 1 saturated heterocycles. The molecule has 1 aliphatic heterocycles. The molecule has 1 atom stereocenters. The molecule has 2 nitrogen and oxygen atoms in total. The number of hydrogen-bond donors (Lipinski definition) is 0. The quantitative estimate of drug-likeness (QED) is 0.770. The van der Waals surface area contributed by atoms with Gasteiger partial charge in [-0.2, -0.15) is 0 Å². The van der Waals surface area contributed by atoms with Crippen LogP contribution >= 0.6 is 15.9 Å². The molecule has 1 fully saturated rings. The summed E-state index contributed by atoms with van der Waals surface area (Å²) in [6, 6.07) is 4.50. The van der Waals surface area contributed by atoms with Crippen LogP contribution in [-0.2, 0) is 0 Å². The fourth-order valence-electron chi connectivity index (χ4n) is 2.44. The van der Waals surface area contributed by atoms with Crippen LogP contribution < -0.4 is 0 Å². The number of rotatable bonds is 5. The SMILES string of the molecule is O=C(c1ccc(Br)cc1F)C1CCN(CCCF)C1. The van der Waals surface area contributed by atoms with E-state index in [-0.39, 0.29) is 23.9 Å². The van der Waals surface area contributed by atoms with E-state index < -0.39 is 5.82 Å². The molecule has 0 N–H and O–H groups in total. The third kappa shape index (κ3) is 3.60. The van der Waals surface area contributed by atoms with E-state index in [1.54, 1.807) is 6.07 Å². The van der Waals surface area contributed by atoms with Crippen LogP contribution in [-0.4, -0.2) is 37.0 Å². The summed E-state index contributed by atoms with van der Waals surface area (Å²) in [5.74, 6) is -0.801. The maximum absolute atomic E-state index is 13.7. The van der Waals surface area contributed by atoms with E-state index in [9.17, 15) is 13.6 Å². The van der Waals surface area contributed by atoms with Gasteiger partial charge >= 0.3 is 0 Å². The molecule has 0 radical (unpaired) electrons. The van der Waals surface area contributed by atoms with Gasteiger partial charge in [0.2, 0.25) is 0 Å². The number of alkyl halides is 1. The number of Topliss-reactive ketones (excluding diaryl/α,β-unsaturated/α-hetero) is 1. The Balaban J connectivity index is 2.01. The number of benzene rings is 1. The Morgan fingerprint density at radius 3 is 2.95 bits per heavy atom. The average Bonchev–Trinajstić information content (AvgIpc) is 2.84. The van der Waals surface area contributed by atoms with E-state index in [0.29, 0.717) is 24.0 Å². The van der Waals surface area contributed by atoms with Crippen molar-refractivity contribution in [2.45, 2.75) is 12.8 Å². The van der Waals surface area contributed by atoms with Gasteiger partial charge in [-0.05, 0) is 37.6 Å². The summed E-state index contributed by atoms with van der Waals surface area (Å²) < 4.78 is 26.5. The Morgan fingerprint density at radius 1 is 1.47 bits per heavy atom. The maximum atomic E-state index is 13.7. The summed E-state index contributed by atoms with van der Waals surface area (Å²) in [6.07, 6.45) is 1.22. The van der Waals surface area contributed by atoms with Crippen LogP contribution in [0.1, 0.15) is 23.2 Å². The summed E-state index contributed by atoms with van der Waals surface area (Å²) in [7, 11) is 0. The zero-order valence-corrected chi connectivity index (χ0v) is 12.1. The highest BCUT2D eigenvalue weighted by atomic mass is 79.9. The monoisotopic (exact) mass is 331 g/mol. The molecule has 19 heavy (non-hydrogen) atoms. The first kappa shape index (κ1) is 14.6. The number of carbonyl (C=O) groups is 1. The fraction of sp³-hybridized carbons (Fsp3) is 0.500. The van der Waals surface area contributed by atoms with E-state index in [4.69, 9.17) is 0 Å². The molecule has 2 rings (SSSR count). The Labute approximate surface area is 119 Å². The molecule has 1 aromatic rings. The van der Waals surface area contributed by atoms with Gasteiger partial charge in [-0.15, -0.1) is 0 Å². The van der Waals surface area contributed by atoms with Gasteiger partial charge in [0.05, 0.1) is 12.2 Å². The standard InChI is InChI=1S/C14H16BrF2NO/c15-11-2-3-12(13(17)8-11)14(19)10-4-7-18(9-10)6-1-5-16/h2-3,8,10H,1,4-7,9H2. The number of carbonyl (C=O) groups excluding carboxylic acids is 1. The minimum Gasteiger partial charge on any atom is -0.302 e. The molecule has 104 valence electrons. The highest BCUT2D eigenvalue weighted by Gasteiger charge is 2.29. The van der Waals surface area contributed by atoms with Gasteiger partial charge in [0.15, 0.2) is 5.78 Å². The van der Waals surface area contributed by atoms with E-state index in [2.05, 4.69) is 20.8 Å². The molecular formula is C14H16BrF2NO. The van der Waals surface area contributed by atoms with Crippen molar-refractivity contribution in [1.29, 1.82) is 0 Å². The predicted octanol–water partition coefficient (Wildman–Crippen LogP) is 3.45. The lowest BCUT2D eigenvalue weighted by atomic mass is 9.96. The van der Waals surface area contributed by atoms with Crippen LogP contribution in [0.2, 0.25) is 0 Å². The second-order valence-electron chi connectivity index (χ2n) is 4.82. The zero-order valence-electron chi connectivity index (χ0n) is 10.5. The van der Waals surface area contributed by atoms with Crippen LogP contribution in [0.3, 0.4) is 0 Å². The van der Waals surface area contributed by atoms with Gasteiger partial charge in [0.1, 0.15) is 5.82 Å². The fourth-order valence-corrected chi connectivity index (χ4v) is 2.78. The molecule has 0 spiro atoms. The third-order valence-corrected chi connectivity index (χ3v) is 3.94. The third-order valence-electron chi connectivity index (χ3n) is 3.45. The van der Waals surface area contributed by atoms with E-state index in [0.717, 1.165) is 13.0 Å². The Hall–Kier alpha value is -0.810. The average molecular weight is 332 g/mol. The minimum atomic E-state index is -0.485. The van der Waals surface area contributed by atoms with Gasteiger partial charge in [0, 0.05) is 23.5 Å². The number of ketones is 1. The molecule has 0 aromatic heterocycles. The van der Waals surface area contributed by atoms with Crippen LogP contribution in [0, 0.1) is 11.7 Å². The lowest BCUT2D eigenvalue weighted by Crippen LogP contribution is -2.25. The molecule has 0 aliphatic carbocycles. The molecule has 5 heteroatoms. The van der Waals surface area contributed by atoms with Crippen LogP contribution in [0.15, 0.2) is 22.7 Å². The van der Waals surface area contributed by atoms with E-state index >= 15 is 0 Å². The van der Waals surface area contributed by atoms with E-state index in [1.807, 2.05) is 0 Å². The van der Waals surface area contributed by atoms with Gasteiger partial charge in [0.25, 0.3) is 0 Å².